The molecule has 0 aromatic carbocycles. The normalized spacial score (nSPS) is 22.2. The molecule has 0 aliphatic heterocycles. The van der Waals surface area contributed by atoms with Gasteiger partial charge in [-0.2, -0.15) is 0 Å². The third-order valence-corrected chi connectivity index (χ3v) is 4.14. The van der Waals surface area contributed by atoms with E-state index in [0.29, 0.717) is 11.5 Å². The van der Waals surface area contributed by atoms with Gasteiger partial charge < -0.3 is 10.2 Å². The number of rotatable bonds is 4. The number of carbonyl (C=O) groups excluding carboxylic acids is 1. The monoisotopic (exact) mass is 240 g/mol. The number of hydrogen-bond donors (Lipinski definition) is 1. The molecule has 3 nitrogen and oxygen atoms in total. The summed E-state index contributed by atoms with van der Waals surface area (Å²) in [5, 5.41) is 3.07. The van der Waals surface area contributed by atoms with E-state index in [4.69, 9.17) is 0 Å². The van der Waals surface area contributed by atoms with Gasteiger partial charge in [-0.1, -0.05) is 20.8 Å². The van der Waals surface area contributed by atoms with Gasteiger partial charge in [-0.15, -0.1) is 0 Å². The van der Waals surface area contributed by atoms with Gasteiger partial charge in [0.05, 0.1) is 0 Å². The van der Waals surface area contributed by atoms with Crippen molar-refractivity contribution in [1.29, 1.82) is 0 Å². The first-order valence-electron chi connectivity index (χ1n) is 6.78. The SMILES string of the molecule is CNCC(C)C(=O)N(C)C1CCC(C)(C)CC1. The van der Waals surface area contributed by atoms with Crippen LogP contribution in [-0.2, 0) is 4.79 Å². The van der Waals surface area contributed by atoms with Gasteiger partial charge >= 0.3 is 0 Å². The van der Waals surface area contributed by atoms with E-state index in [1.54, 1.807) is 0 Å². The zero-order valence-corrected chi connectivity index (χ0v) is 12.0. The Morgan fingerprint density at radius 3 is 2.41 bits per heavy atom. The maximum Gasteiger partial charge on any atom is 0.226 e. The molecule has 0 bridgehead atoms. The molecule has 100 valence electrons. The van der Waals surface area contributed by atoms with Crippen molar-refractivity contribution in [3.63, 3.8) is 0 Å². The number of amides is 1. The van der Waals surface area contributed by atoms with Crippen LogP contribution in [0.15, 0.2) is 0 Å². The van der Waals surface area contributed by atoms with Crippen molar-refractivity contribution in [3.05, 3.63) is 0 Å². The molecule has 1 atom stereocenters. The first-order valence-corrected chi connectivity index (χ1v) is 6.78. The minimum absolute atomic E-state index is 0.0833. The van der Waals surface area contributed by atoms with Crippen LogP contribution in [0.5, 0.6) is 0 Å². The number of nitrogens with zero attached hydrogens (tertiary/aromatic N) is 1. The van der Waals surface area contributed by atoms with E-state index >= 15 is 0 Å². The highest BCUT2D eigenvalue weighted by Crippen LogP contribution is 2.36. The summed E-state index contributed by atoms with van der Waals surface area (Å²) in [7, 11) is 3.87. The minimum Gasteiger partial charge on any atom is -0.343 e. The minimum atomic E-state index is 0.0833. The highest BCUT2D eigenvalue weighted by Gasteiger charge is 2.31. The van der Waals surface area contributed by atoms with Crippen molar-refractivity contribution in [2.45, 2.75) is 52.5 Å². The zero-order valence-electron chi connectivity index (χ0n) is 12.0. The fourth-order valence-corrected chi connectivity index (χ4v) is 2.69. The molecular formula is C14H28N2O. The molecule has 0 radical (unpaired) electrons. The average Bonchev–Trinajstić information content (AvgIpc) is 2.27. The molecule has 1 aliphatic rings. The molecule has 0 heterocycles. The summed E-state index contributed by atoms with van der Waals surface area (Å²) in [6, 6.07) is 0.454. The van der Waals surface area contributed by atoms with Crippen LogP contribution in [-0.4, -0.2) is 37.5 Å². The molecule has 0 aromatic heterocycles. The lowest BCUT2D eigenvalue weighted by Gasteiger charge is -2.39. The Labute approximate surface area is 106 Å². The molecule has 0 aromatic rings. The largest absolute Gasteiger partial charge is 0.343 e. The standard InChI is InChI=1S/C14H28N2O/c1-11(10-15-4)13(17)16(5)12-6-8-14(2,3)9-7-12/h11-12,15H,6-10H2,1-5H3. The van der Waals surface area contributed by atoms with Crippen LogP contribution in [0.25, 0.3) is 0 Å². The summed E-state index contributed by atoms with van der Waals surface area (Å²) in [4.78, 5) is 14.2. The Bertz CT molecular complexity index is 253. The molecule has 1 aliphatic carbocycles. The Hall–Kier alpha value is -0.570. The van der Waals surface area contributed by atoms with Crippen molar-refractivity contribution in [2.24, 2.45) is 11.3 Å². The summed E-state index contributed by atoms with van der Waals surface area (Å²) in [6.45, 7) is 7.42. The molecule has 1 unspecified atom stereocenters. The lowest BCUT2D eigenvalue weighted by Crippen LogP contribution is -2.44. The maximum absolute atomic E-state index is 12.2. The summed E-state index contributed by atoms with van der Waals surface area (Å²) >= 11 is 0. The molecule has 3 heteroatoms. The molecule has 1 saturated carbocycles. The second-order valence-electron chi connectivity index (χ2n) is 6.30. The van der Waals surface area contributed by atoms with E-state index in [9.17, 15) is 4.79 Å². The van der Waals surface area contributed by atoms with Crippen LogP contribution in [0.3, 0.4) is 0 Å². The van der Waals surface area contributed by atoms with Crippen molar-refractivity contribution < 1.29 is 4.79 Å². The van der Waals surface area contributed by atoms with E-state index in [2.05, 4.69) is 19.2 Å². The van der Waals surface area contributed by atoms with Crippen LogP contribution in [0, 0.1) is 11.3 Å². The van der Waals surface area contributed by atoms with Crippen LogP contribution in [0.1, 0.15) is 46.5 Å². The van der Waals surface area contributed by atoms with Gasteiger partial charge in [-0.3, -0.25) is 4.79 Å². The van der Waals surface area contributed by atoms with Gasteiger partial charge in [0.15, 0.2) is 0 Å². The van der Waals surface area contributed by atoms with Crippen LogP contribution >= 0.6 is 0 Å². The van der Waals surface area contributed by atoms with Gasteiger partial charge in [0.25, 0.3) is 0 Å². The summed E-state index contributed by atoms with van der Waals surface area (Å²) in [6.07, 6.45) is 4.77. The topological polar surface area (TPSA) is 32.3 Å². The van der Waals surface area contributed by atoms with Gasteiger partial charge in [-0.05, 0) is 38.1 Å². The van der Waals surface area contributed by atoms with Crippen molar-refractivity contribution in [3.8, 4) is 0 Å². The molecule has 1 N–H and O–H groups in total. The van der Waals surface area contributed by atoms with Crippen LogP contribution < -0.4 is 5.32 Å². The zero-order chi connectivity index (χ0) is 13.1. The lowest BCUT2D eigenvalue weighted by molar-refractivity contribution is -0.136. The van der Waals surface area contributed by atoms with Crippen molar-refractivity contribution >= 4 is 5.91 Å². The maximum atomic E-state index is 12.2. The first-order chi connectivity index (χ1) is 7.87. The number of carbonyl (C=O) groups is 1. The van der Waals surface area contributed by atoms with Crippen molar-refractivity contribution in [1.82, 2.24) is 10.2 Å². The van der Waals surface area contributed by atoms with Crippen LogP contribution in [0.2, 0.25) is 0 Å². The molecule has 0 saturated heterocycles. The summed E-state index contributed by atoms with van der Waals surface area (Å²) in [5.74, 6) is 0.365. The summed E-state index contributed by atoms with van der Waals surface area (Å²) in [5.41, 5.74) is 0.469. The van der Waals surface area contributed by atoms with Gasteiger partial charge in [0, 0.05) is 25.6 Å². The third kappa shape index (κ3) is 3.98. The highest BCUT2D eigenvalue weighted by molar-refractivity contribution is 5.78. The molecule has 17 heavy (non-hydrogen) atoms. The second-order valence-corrected chi connectivity index (χ2v) is 6.30. The predicted octanol–water partition coefficient (Wildman–Crippen LogP) is 2.27. The molecule has 1 fully saturated rings. The average molecular weight is 240 g/mol. The van der Waals surface area contributed by atoms with E-state index in [-0.39, 0.29) is 11.8 Å². The predicted molar refractivity (Wildman–Crippen MR) is 71.9 cm³/mol. The van der Waals surface area contributed by atoms with E-state index in [1.807, 2.05) is 25.9 Å². The van der Waals surface area contributed by atoms with Gasteiger partial charge in [-0.25, -0.2) is 0 Å². The first kappa shape index (κ1) is 14.5. The lowest BCUT2D eigenvalue weighted by atomic mass is 9.75. The number of nitrogens with one attached hydrogen (secondary N) is 1. The Kier molecular flexibility index (Phi) is 4.99. The smallest absolute Gasteiger partial charge is 0.226 e. The molecule has 1 amide bonds. The van der Waals surface area contributed by atoms with E-state index in [0.717, 1.165) is 19.4 Å². The molecular weight excluding hydrogens is 212 g/mol. The van der Waals surface area contributed by atoms with Crippen LogP contribution in [0.4, 0.5) is 0 Å². The fraction of sp³-hybridized carbons (Fsp3) is 0.929. The molecule has 0 spiro atoms. The quantitative estimate of drug-likeness (QED) is 0.817. The Balaban J connectivity index is 2.48. The van der Waals surface area contributed by atoms with Gasteiger partial charge in [0.1, 0.15) is 0 Å². The summed E-state index contributed by atoms with van der Waals surface area (Å²) < 4.78 is 0. The second kappa shape index (κ2) is 5.85. The molecule has 1 rings (SSSR count). The van der Waals surface area contributed by atoms with E-state index in [1.165, 1.54) is 12.8 Å². The third-order valence-electron chi connectivity index (χ3n) is 4.14. The highest BCUT2D eigenvalue weighted by atomic mass is 16.2. The fourth-order valence-electron chi connectivity index (χ4n) is 2.69. The van der Waals surface area contributed by atoms with Crippen molar-refractivity contribution in [2.75, 3.05) is 20.6 Å². The van der Waals surface area contributed by atoms with Gasteiger partial charge in [0.2, 0.25) is 5.91 Å². The Morgan fingerprint density at radius 1 is 1.41 bits per heavy atom. The number of hydrogen-bond acceptors (Lipinski definition) is 2. The van der Waals surface area contributed by atoms with E-state index < -0.39 is 0 Å². The Morgan fingerprint density at radius 2 is 1.94 bits per heavy atom.